The summed E-state index contributed by atoms with van der Waals surface area (Å²) in [6.07, 6.45) is 1.13. The highest BCUT2D eigenvalue weighted by molar-refractivity contribution is 5.79. The number of ether oxygens (including phenoxy) is 2. The van der Waals surface area contributed by atoms with E-state index in [4.69, 9.17) is 9.47 Å². The summed E-state index contributed by atoms with van der Waals surface area (Å²) in [7, 11) is 0. The summed E-state index contributed by atoms with van der Waals surface area (Å²) in [5.41, 5.74) is 0. The molecule has 1 aliphatic rings. The first-order valence-electron chi connectivity index (χ1n) is 8.24. The topological polar surface area (TPSA) is 75.2 Å². The van der Waals surface area contributed by atoms with Crippen LogP contribution >= 0.6 is 0 Å². The molecule has 0 aliphatic carbocycles. The van der Waals surface area contributed by atoms with Crippen LogP contribution in [0.1, 0.15) is 26.7 Å². The maximum absolute atomic E-state index is 11.2. The molecule has 0 bridgehead atoms. The van der Waals surface area contributed by atoms with E-state index in [0.29, 0.717) is 26.0 Å². The van der Waals surface area contributed by atoms with E-state index in [9.17, 15) is 4.79 Å². The summed E-state index contributed by atoms with van der Waals surface area (Å²) >= 11 is 0. The minimum absolute atomic E-state index is 0.150. The second-order valence-corrected chi connectivity index (χ2v) is 5.05. The Hall–Kier alpha value is -1.34. The maximum Gasteiger partial charge on any atom is 0.305 e. The summed E-state index contributed by atoms with van der Waals surface area (Å²) in [4.78, 5) is 18.1. The Morgan fingerprint density at radius 2 is 2.05 bits per heavy atom. The van der Waals surface area contributed by atoms with E-state index in [-0.39, 0.29) is 5.97 Å². The fourth-order valence-corrected chi connectivity index (χ4v) is 2.15. The molecule has 1 aliphatic heterocycles. The number of aliphatic imine (C=N–C) groups is 1. The number of carbonyl (C=O) groups is 1. The molecule has 7 heteroatoms. The van der Waals surface area contributed by atoms with E-state index in [1.807, 2.05) is 13.8 Å². The molecule has 0 radical (unpaired) electrons. The predicted molar refractivity (Wildman–Crippen MR) is 87.1 cm³/mol. The van der Waals surface area contributed by atoms with Gasteiger partial charge in [-0.3, -0.25) is 14.7 Å². The Labute approximate surface area is 133 Å². The first-order chi connectivity index (χ1) is 10.8. The minimum Gasteiger partial charge on any atom is -0.466 e. The monoisotopic (exact) mass is 314 g/mol. The van der Waals surface area contributed by atoms with Crippen molar-refractivity contribution < 1.29 is 14.3 Å². The third-order valence-corrected chi connectivity index (χ3v) is 3.28. The van der Waals surface area contributed by atoms with Crippen molar-refractivity contribution in [3.8, 4) is 0 Å². The van der Waals surface area contributed by atoms with Crippen LogP contribution in [0.4, 0.5) is 0 Å². The molecule has 0 aromatic heterocycles. The molecule has 2 N–H and O–H groups in total. The number of esters is 1. The van der Waals surface area contributed by atoms with Gasteiger partial charge in [0.1, 0.15) is 0 Å². The van der Waals surface area contributed by atoms with Crippen LogP contribution in [0.3, 0.4) is 0 Å². The van der Waals surface area contributed by atoms with Crippen molar-refractivity contribution in [2.45, 2.75) is 26.7 Å². The van der Waals surface area contributed by atoms with Crippen LogP contribution < -0.4 is 10.6 Å². The predicted octanol–water partition coefficient (Wildman–Crippen LogP) is 0.217. The lowest BCUT2D eigenvalue weighted by atomic mass is 10.3. The number of nitrogens with one attached hydrogen (secondary N) is 2. The van der Waals surface area contributed by atoms with E-state index in [1.54, 1.807) is 0 Å². The van der Waals surface area contributed by atoms with Gasteiger partial charge in [-0.15, -0.1) is 0 Å². The van der Waals surface area contributed by atoms with Gasteiger partial charge >= 0.3 is 5.97 Å². The van der Waals surface area contributed by atoms with E-state index in [1.165, 1.54) is 0 Å². The van der Waals surface area contributed by atoms with Crippen LogP contribution in [0.15, 0.2) is 4.99 Å². The van der Waals surface area contributed by atoms with Gasteiger partial charge in [-0.1, -0.05) is 0 Å². The largest absolute Gasteiger partial charge is 0.466 e. The third kappa shape index (κ3) is 8.84. The smallest absolute Gasteiger partial charge is 0.305 e. The van der Waals surface area contributed by atoms with Crippen molar-refractivity contribution in [3.05, 3.63) is 0 Å². The highest BCUT2D eigenvalue weighted by Gasteiger charge is 2.09. The summed E-state index contributed by atoms with van der Waals surface area (Å²) in [5.74, 6) is 0.655. The molecule has 7 nitrogen and oxygen atoms in total. The summed E-state index contributed by atoms with van der Waals surface area (Å²) in [6.45, 7) is 11.2. The lowest BCUT2D eigenvalue weighted by Crippen LogP contribution is -2.44. The van der Waals surface area contributed by atoms with Gasteiger partial charge in [-0.2, -0.15) is 0 Å². The minimum atomic E-state index is -0.150. The van der Waals surface area contributed by atoms with Crippen LogP contribution in [-0.4, -0.2) is 75.9 Å². The Morgan fingerprint density at radius 1 is 1.27 bits per heavy atom. The van der Waals surface area contributed by atoms with Gasteiger partial charge in [-0.05, 0) is 20.3 Å². The molecule has 1 rings (SSSR count). The average molecular weight is 314 g/mol. The normalized spacial score (nSPS) is 16.4. The Balaban J connectivity index is 2.18. The highest BCUT2D eigenvalue weighted by atomic mass is 16.5. The van der Waals surface area contributed by atoms with Crippen molar-refractivity contribution >= 4 is 11.9 Å². The molecule has 0 aromatic carbocycles. The van der Waals surface area contributed by atoms with Gasteiger partial charge in [0.15, 0.2) is 5.96 Å². The van der Waals surface area contributed by atoms with E-state index < -0.39 is 0 Å². The maximum atomic E-state index is 11.2. The van der Waals surface area contributed by atoms with Gasteiger partial charge in [0.2, 0.25) is 0 Å². The molecule has 0 spiro atoms. The van der Waals surface area contributed by atoms with Crippen molar-refractivity contribution in [1.29, 1.82) is 0 Å². The molecule has 0 atom stereocenters. The van der Waals surface area contributed by atoms with Crippen molar-refractivity contribution in [1.82, 2.24) is 15.5 Å². The summed E-state index contributed by atoms with van der Waals surface area (Å²) < 4.78 is 10.2. The quantitative estimate of drug-likeness (QED) is 0.274. The Bertz CT molecular complexity index is 331. The highest BCUT2D eigenvalue weighted by Crippen LogP contribution is 1.95. The fourth-order valence-electron chi connectivity index (χ4n) is 2.15. The van der Waals surface area contributed by atoms with Crippen molar-refractivity contribution in [2.75, 3.05) is 59.1 Å². The number of nitrogens with zero attached hydrogens (tertiary/aromatic N) is 2. The van der Waals surface area contributed by atoms with Gasteiger partial charge in [0.05, 0.1) is 19.8 Å². The van der Waals surface area contributed by atoms with Crippen LogP contribution in [0.25, 0.3) is 0 Å². The Kier molecular flexibility index (Phi) is 10.4. The second-order valence-electron chi connectivity index (χ2n) is 5.05. The molecular weight excluding hydrogens is 284 g/mol. The lowest BCUT2D eigenvalue weighted by Gasteiger charge is -2.26. The van der Waals surface area contributed by atoms with Gasteiger partial charge in [0, 0.05) is 45.7 Å². The summed E-state index contributed by atoms with van der Waals surface area (Å²) in [6, 6.07) is 0. The molecule has 1 fully saturated rings. The first-order valence-corrected chi connectivity index (χ1v) is 8.24. The van der Waals surface area contributed by atoms with Gasteiger partial charge in [-0.25, -0.2) is 0 Å². The summed E-state index contributed by atoms with van der Waals surface area (Å²) in [5, 5.41) is 6.53. The molecule has 1 heterocycles. The molecule has 0 amide bonds. The van der Waals surface area contributed by atoms with Gasteiger partial charge in [0.25, 0.3) is 0 Å². The van der Waals surface area contributed by atoms with E-state index in [2.05, 4.69) is 20.5 Å². The number of rotatable bonds is 9. The molecule has 0 unspecified atom stereocenters. The molecule has 22 heavy (non-hydrogen) atoms. The number of morpholine rings is 1. The van der Waals surface area contributed by atoms with E-state index >= 15 is 0 Å². The van der Waals surface area contributed by atoms with Crippen LogP contribution in [0.5, 0.6) is 0 Å². The number of guanidine groups is 1. The SMILES string of the molecule is CCNC(=NCCCC(=O)OCC)NCCN1CCOCC1. The zero-order valence-corrected chi connectivity index (χ0v) is 13.9. The van der Waals surface area contributed by atoms with Crippen molar-refractivity contribution in [2.24, 2.45) is 4.99 Å². The fraction of sp³-hybridized carbons (Fsp3) is 0.867. The van der Waals surface area contributed by atoms with Crippen molar-refractivity contribution in [3.63, 3.8) is 0 Å². The van der Waals surface area contributed by atoms with Crippen LogP contribution in [0.2, 0.25) is 0 Å². The van der Waals surface area contributed by atoms with Crippen LogP contribution in [-0.2, 0) is 14.3 Å². The number of hydrogen-bond acceptors (Lipinski definition) is 5. The molecule has 0 aromatic rings. The van der Waals surface area contributed by atoms with Crippen LogP contribution in [0, 0.1) is 0 Å². The number of carbonyl (C=O) groups excluding carboxylic acids is 1. The molecular formula is C15H30N4O3. The van der Waals surface area contributed by atoms with E-state index in [0.717, 1.165) is 51.9 Å². The number of hydrogen-bond donors (Lipinski definition) is 2. The zero-order chi connectivity index (χ0) is 16.0. The van der Waals surface area contributed by atoms with Gasteiger partial charge < -0.3 is 20.1 Å². The standard InChI is InChI=1S/C15H30N4O3/c1-3-16-15(17-7-5-6-14(20)22-4-2)18-8-9-19-10-12-21-13-11-19/h3-13H2,1-2H3,(H2,16,17,18). The third-order valence-electron chi connectivity index (χ3n) is 3.28. The molecule has 128 valence electrons. The zero-order valence-electron chi connectivity index (χ0n) is 13.9. The second kappa shape index (κ2) is 12.2. The molecule has 1 saturated heterocycles. The average Bonchev–Trinajstić information content (AvgIpc) is 2.53. The Morgan fingerprint density at radius 3 is 2.73 bits per heavy atom. The lowest BCUT2D eigenvalue weighted by molar-refractivity contribution is -0.143. The first kappa shape index (κ1) is 18.7. The molecule has 0 saturated carbocycles.